The highest BCUT2D eigenvalue weighted by Gasteiger charge is 2.31. The molecule has 9 heteroatoms. The Labute approximate surface area is 120 Å². The van der Waals surface area contributed by atoms with Crippen LogP contribution in [-0.2, 0) is 19.7 Å². The van der Waals surface area contributed by atoms with Gasteiger partial charge in [0.05, 0.1) is 5.02 Å². The molecule has 0 aromatic heterocycles. The number of halogens is 2. The van der Waals surface area contributed by atoms with Crippen LogP contribution in [-0.4, -0.2) is 25.1 Å². The monoisotopic (exact) mass is 327 g/mol. The summed E-state index contributed by atoms with van der Waals surface area (Å²) < 4.78 is 23.8. The highest BCUT2D eigenvalue weighted by Crippen LogP contribution is 2.25. The Kier molecular flexibility index (Phi) is 4.81. The Bertz CT molecular complexity index is 600. The Balaban J connectivity index is 2.97. The van der Waals surface area contributed by atoms with Crippen LogP contribution in [0.2, 0.25) is 10.0 Å². The summed E-state index contributed by atoms with van der Waals surface area (Å²) in [7, 11) is -4.10. The summed E-state index contributed by atoms with van der Waals surface area (Å²) in [5, 5.41) is 8.97. The van der Waals surface area contributed by atoms with Crippen LogP contribution in [0.5, 0.6) is 0 Å². The van der Waals surface area contributed by atoms with Crippen LogP contribution in [0.1, 0.15) is 13.8 Å². The fourth-order valence-corrected chi connectivity index (χ4v) is 2.62. The first kappa shape index (κ1) is 16.2. The SMILES string of the molecule is CC(C)(ONS(=O)(=O)c1ccc(Cl)cc1Cl)C(=O)O. The van der Waals surface area contributed by atoms with Gasteiger partial charge < -0.3 is 5.11 Å². The van der Waals surface area contributed by atoms with Crippen LogP contribution in [0.3, 0.4) is 0 Å². The molecule has 0 spiro atoms. The Morgan fingerprint density at radius 1 is 1.37 bits per heavy atom. The maximum atomic E-state index is 11.9. The quantitative estimate of drug-likeness (QED) is 0.807. The van der Waals surface area contributed by atoms with E-state index < -0.39 is 21.6 Å². The third kappa shape index (κ3) is 4.05. The molecule has 0 aliphatic rings. The second-order valence-electron chi connectivity index (χ2n) is 4.08. The molecular weight excluding hydrogens is 317 g/mol. The van der Waals surface area contributed by atoms with Gasteiger partial charge in [0.15, 0.2) is 5.60 Å². The molecule has 0 unspecified atom stereocenters. The Morgan fingerprint density at radius 2 is 1.95 bits per heavy atom. The molecule has 1 aromatic rings. The van der Waals surface area contributed by atoms with Gasteiger partial charge in [0.1, 0.15) is 4.90 Å². The van der Waals surface area contributed by atoms with Crippen LogP contribution in [0, 0.1) is 0 Å². The zero-order valence-corrected chi connectivity index (χ0v) is 12.3. The molecule has 0 bridgehead atoms. The number of hydrogen-bond acceptors (Lipinski definition) is 4. The van der Waals surface area contributed by atoms with Gasteiger partial charge in [0.2, 0.25) is 0 Å². The molecule has 2 N–H and O–H groups in total. The van der Waals surface area contributed by atoms with Crippen LogP contribution >= 0.6 is 23.2 Å². The van der Waals surface area contributed by atoms with Crippen molar-refractivity contribution < 1.29 is 23.2 Å². The van der Waals surface area contributed by atoms with Crippen LogP contribution < -0.4 is 4.89 Å². The maximum Gasteiger partial charge on any atom is 0.337 e. The minimum absolute atomic E-state index is 0.100. The highest BCUT2D eigenvalue weighted by molar-refractivity contribution is 7.89. The van der Waals surface area contributed by atoms with E-state index in [0.717, 1.165) is 0 Å². The molecule has 1 rings (SSSR count). The molecule has 0 radical (unpaired) electrons. The van der Waals surface area contributed by atoms with Crippen LogP contribution in [0.4, 0.5) is 0 Å². The van der Waals surface area contributed by atoms with Gasteiger partial charge in [-0.05, 0) is 32.0 Å². The Morgan fingerprint density at radius 3 is 2.42 bits per heavy atom. The van der Waals surface area contributed by atoms with Crippen molar-refractivity contribution in [1.82, 2.24) is 4.89 Å². The fourth-order valence-electron chi connectivity index (χ4n) is 0.941. The lowest BCUT2D eigenvalue weighted by Gasteiger charge is -2.19. The van der Waals surface area contributed by atoms with Gasteiger partial charge in [-0.25, -0.2) is 13.2 Å². The van der Waals surface area contributed by atoms with E-state index in [1.54, 1.807) is 4.89 Å². The highest BCUT2D eigenvalue weighted by atomic mass is 35.5. The molecule has 0 aliphatic heterocycles. The van der Waals surface area contributed by atoms with E-state index in [0.29, 0.717) is 0 Å². The number of carboxylic acid groups (broad SMARTS) is 1. The van der Waals surface area contributed by atoms with E-state index >= 15 is 0 Å². The van der Waals surface area contributed by atoms with Gasteiger partial charge in [-0.2, -0.15) is 0 Å². The van der Waals surface area contributed by atoms with Gasteiger partial charge in [-0.15, -0.1) is 0 Å². The molecule has 0 heterocycles. The summed E-state index contributed by atoms with van der Waals surface area (Å²) >= 11 is 11.4. The second-order valence-corrected chi connectivity index (χ2v) is 6.54. The van der Waals surface area contributed by atoms with E-state index in [-0.39, 0.29) is 14.9 Å². The van der Waals surface area contributed by atoms with Gasteiger partial charge in [-0.1, -0.05) is 28.1 Å². The third-order valence-electron chi connectivity index (χ3n) is 2.11. The van der Waals surface area contributed by atoms with Crippen molar-refractivity contribution in [3.05, 3.63) is 28.2 Å². The van der Waals surface area contributed by atoms with Gasteiger partial charge in [0.25, 0.3) is 10.0 Å². The number of carbonyl (C=O) groups is 1. The number of rotatable bonds is 5. The van der Waals surface area contributed by atoms with Gasteiger partial charge in [-0.3, -0.25) is 4.84 Å². The van der Waals surface area contributed by atoms with E-state index in [9.17, 15) is 13.2 Å². The van der Waals surface area contributed by atoms with Crippen molar-refractivity contribution in [2.75, 3.05) is 0 Å². The van der Waals surface area contributed by atoms with E-state index in [2.05, 4.69) is 4.84 Å². The van der Waals surface area contributed by atoms with E-state index in [1.165, 1.54) is 32.0 Å². The fraction of sp³-hybridized carbons (Fsp3) is 0.300. The average Bonchev–Trinajstić information content (AvgIpc) is 2.26. The van der Waals surface area contributed by atoms with Gasteiger partial charge in [0, 0.05) is 5.02 Å². The third-order valence-corrected chi connectivity index (χ3v) is 4.00. The number of hydrogen-bond donors (Lipinski definition) is 2. The topological polar surface area (TPSA) is 92.7 Å². The average molecular weight is 328 g/mol. The molecule has 6 nitrogen and oxygen atoms in total. The predicted octanol–water partition coefficient (Wildman–Crippen LogP) is 2.07. The zero-order chi connectivity index (χ0) is 14.8. The molecule has 0 saturated heterocycles. The van der Waals surface area contributed by atoms with Crippen molar-refractivity contribution in [3.8, 4) is 0 Å². The summed E-state index contributed by atoms with van der Waals surface area (Å²) in [6.07, 6.45) is 0. The number of nitrogens with one attached hydrogen (secondary N) is 1. The number of sulfonamides is 1. The van der Waals surface area contributed by atoms with Crippen LogP contribution in [0.15, 0.2) is 23.1 Å². The molecule has 0 atom stereocenters. The molecule has 106 valence electrons. The Hall–Kier alpha value is -0.860. The molecular formula is C10H11Cl2NO5S. The minimum atomic E-state index is -4.10. The molecule has 0 saturated carbocycles. The van der Waals surface area contributed by atoms with Crippen molar-refractivity contribution in [3.63, 3.8) is 0 Å². The summed E-state index contributed by atoms with van der Waals surface area (Å²) in [4.78, 5) is 16.9. The minimum Gasteiger partial charge on any atom is -0.479 e. The van der Waals surface area contributed by atoms with Crippen molar-refractivity contribution >= 4 is 39.2 Å². The second kappa shape index (κ2) is 5.64. The van der Waals surface area contributed by atoms with Crippen molar-refractivity contribution in [1.29, 1.82) is 0 Å². The molecule has 1 aromatic carbocycles. The van der Waals surface area contributed by atoms with Crippen molar-refractivity contribution in [2.24, 2.45) is 0 Å². The van der Waals surface area contributed by atoms with Crippen LogP contribution in [0.25, 0.3) is 0 Å². The molecule has 19 heavy (non-hydrogen) atoms. The number of aliphatic carboxylic acids is 1. The summed E-state index contributed by atoms with van der Waals surface area (Å²) in [5.74, 6) is -1.32. The van der Waals surface area contributed by atoms with E-state index in [1.807, 2.05) is 0 Å². The molecule has 0 aliphatic carbocycles. The first-order chi connectivity index (χ1) is 8.56. The first-order valence-corrected chi connectivity index (χ1v) is 7.18. The summed E-state index contributed by atoms with van der Waals surface area (Å²) in [5.41, 5.74) is -1.72. The summed E-state index contributed by atoms with van der Waals surface area (Å²) in [6, 6.07) is 3.77. The lowest BCUT2D eigenvalue weighted by molar-refractivity contribution is -0.165. The lowest BCUT2D eigenvalue weighted by atomic mass is 10.1. The first-order valence-electron chi connectivity index (χ1n) is 4.94. The van der Waals surface area contributed by atoms with Crippen molar-refractivity contribution in [2.45, 2.75) is 24.3 Å². The predicted molar refractivity (Wildman–Crippen MR) is 69.6 cm³/mol. The zero-order valence-electron chi connectivity index (χ0n) is 9.98. The summed E-state index contributed by atoms with van der Waals surface area (Å²) in [6.45, 7) is 2.39. The lowest BCUT2D eigenvalue weighted by Crippen LogP contribution is -2.41. The van der Waals surface area contributed by atoms with Gasteiger partial charge >= 0.3 is 5.97 Å². The van der Waals surface area contributed by atoms with E-state index in [4.69, 9.17) is 28.3 Å². The molecule has 0 amide bonds. The molecule has 0 fully saturated rings. The largest absolute Gasteiger partial charge is 0.479 e. The standard InChI is InChI=1S/C10H11Cl2NO5S/c1-10(2,9(14)15)18-13-19(16,17)8-4-3-6(11)5-7(8)12/h3-5,13H,1-2H3,(H,14,15). The number of benzene rings is 1. The smallest absolute Gasteiger partial charge is 0.337 e. The normalized spacial score (nSPS) is 12.4. The maximum absolute atomic E-state index is 11.9. The number of carboxylic acids is 1.